The van der Waals surface area contributed by atoms with E-state index in [4.69, 9.17) is 5.73 Å². The quantitative estimate of drug-likeness (QED) is 0.520. The molecule has 13 heavy (non-hydrogen) atoms. The summed E-state index contributed by atoms with van der Waals surface area (Å²) in [5, 5.41) is 0. The van der Waals surface area contributed by atoms with Crippen LogP contribution in [-0.4, -0.2) is 12.1 Å². The van der Waals surface area contributed by atoms with Crippen molar-refractivity contribution in [2.45, 2.75) is 6.92 Å². The molecule has 0 spiro atoms. The van der Waals surface area contributed by atoms with Crippen molar-refractivity contribution < 1.29 is 14.3 Å². The highest BCUT2D eigenvalue weighted by atomic mass is 16.6. The molecule has 0 aliphatic rings. The minimum atomic E-state index is -1.09. The fraction of sp³-hybridized carbons (Fsp3) is 0.111. The van der Waals surface area contributed by atoms with E-state index < -0.39 is 12.1 Å². The Morgan fingerprint density at radius 2 is 1.92 bits per heavy atom. The number of hydrogen-bond acceptors (Lipinski definition) is 3. The number of nitrogens with two attached hydrogens (primary N) is 1. The Morgan fingerprint density at radius 3 is 2.46 bits per heavy atom. The molecule has 0 aliphatic heterocycles. The third-order valence-electron chi connectivity index (χ3n) is 1.56. The lowest BCUT2D eigenvalue weighted by Crippen LogP contribution is -2.19. The first kappa shape index (κ1) is 9.25. The maximum Gasteiger partial charge on any atom is 0.412 e. The number of carbonyl (C=O) groups excluding carboxylic acids is 2. The first-order chi connectivity index (χ1) is 6.11. The summed E-state index contributed by atoms with van der Waals surface area (Å²) in [5.74, 6) is -0.717. The lowest BCUT2D eigenvalue weighted by Gasteiger charge is -2.02. The molecule has 0 heterocycles. The van der Waals surface area contributed by atoms with Gasteiger partial charge in [0.1, 0.15) is 0 Å². The molecule has 0 saturated carbocycles. The molecular formula is C9H9NO3. The number of primary amides is 1. The Bertz CT molecular complexity index is 346. The van der Waals surface area contributed by atoms with Gasteiger partial charge >= 0.3 is 12.1 Å². The molecule has 0 atom stereocenters. The molecule has 4 nitrogen and oxygen atoms in total. The Morgan fingerprint density at radius 1 is 1.31 bits per heavy atom. The highest BCUT2D eigenvalue weighted by Gasteiger charge is 2.11. The van der Waals surface area contributed by atoms with Crippen LogP contribution < -0.4 is 5.73 Å². The molecule has 0 saturated heterocycles. The lowest BCUT2D eigenvalue weighted by molar-refractivity contribution is 0.0637. The molecule has 0 aliphatic carbocycles. The molecule has 1 rings (SSSR count). The second-order valence-corrected chi connectivity index (χ2v) is 2.52. The van der Waals surface area contributed by atoms with Crippen LogP contribution in [0, 0.1) is 6.92 Å². The molecule has 0 fully saturated rings. The topological polar surface area (TPSA) is 69.4 Å². The van der Waals surface area contributed by atoms with Gasteiger partial charge in [0, 0.05) is 0 Å². The van der Waals surface area contributed by atoms with Crippen molar-refractivity contribution in [2.75, 3.05) is 0 Å². The number of ether oxygens (including phenoxy) is 1. The molecule has 1 amide bonds. The molecule has 4 heteroatoms. The second-order valence-electron chi connectivity index (χ2n) is 2.52. The predicted octanol–water partition coefficient (Wildman–Crippen LogP) is 1.23. The average molecular weight is 179 g/mol. The van der Waals surface area contributed by atoms with Crippen molar-refractivity contribution in [3.63, 3.8) is 0 Å². The van der Waals surface area contributed by atoms with Crippen LogP contribution in [0.15, 0.2) is 24.3 Å². The van der Waals surface area contributed by atoms with Gasteiger partial charge in [-0.05, 0) is 18.6 Å². The van der Waals surface area contributed by atoms with Crippen LogP contribution in [0.2, 0.25) is 0 Å². The van der Waals surface area contributed by atoms with Gasteiger partial charge in [0.15, 0.2) is 0 Å². The molecular weight excluding hydrogens is 170 g/mol. The van der Waals surface area contributed by atoms with Crippen LogP contribution in [0.25, 0.3) is 0 Å². The molecule has 68 valence electrons. The molecule has 2 N–H and O–H groups in total. The summed E-state index contributed by atoms with van der Waals surface area (Å²) < 4.78 is 4.22. The Labute approximate surface area is 75.3 Å². The number of benzene rings is 1. The van der Waals surface area contributed by atoms with Crippen LogP contribution in [0.5, 0.6) is 0 Å². The number of carbonyl (C=O) groups is 2. The molecule has 0 aromatic heterocycles. The number of rotatable bonds is 1. The van der Waals surface area contributed by atoms with E-state index in [0.717, 1.165) is 5.56 Å². The summed E-state index contributed by atoms with van der Waals surface area (Å²) in [6, 6.07) is 6.79. The Kier molecular flexibility index (Phi) is 2.64. The first-order valence-corrected chi connectivity index (χ1v) is 3.68. The fourth-order valence-corrected chi connectivity index (χ4v) is 0.948. The lowest BCUT2D eigenvalue weighted by atomic mass is 10.1. The fourth-order valence-electron chi connectivity index (χ4n) is 0.948. The van der Waals surface area contributed by atoms with E-state index in [9.17, 15) is 9.59 Å². The van der Waals surface area contributed by atoms with E-state index in [1.807, 2.05) is 0 Å². The maximum atomic E-state index is 11.2. The van der Waals surface area contributed by atoms with E-state index >= 15 is 0 Å². The normalized spacial score (nSPS) is 9.31. The third-order valence-corrected chi connectivity index (χ3v) is 1.56. The molecule has 0 unspecified atom stereocenters. The van der Waals surface area contributed by atoms with Crippen molar-refractivity contribution >= 4 is 12.1 Å². The summed E-state index contributed by atoms with van der Waals surface area (Å²) in [4.78, 5) is 21.4. The number of aryl methyl sites for hydroxylation is 1. The maximum absolute atomic E-state index is 11.2. The summed E-state index contributed by atoms with van der Waals surface area (Å²) in [6.07, 6.45) is -1.09. The van der Waals surface area contributed by atoms with Gasteiger partial charge < -0.3 is 10.5 Å². The molecule has 1 aromatic rings. The minimum Gasteiger partial charge on any atom is -0.373 e. The molecule has 0 radical (unpaired) electrons. The highest BCUT2D eigenvalue weighted by molar-refractivity contribution is 5.97. The van der Waals surface area contributed by atoms with Gasteiger partial charge in [-0.2, -0.15) is 0 Å². The third kappa shape index (κ3) is 2.30. The van der Waals surface area contributed by atoms with Gasteiger partial charge in [0.2, 0.25) is 0 Å². The van der Waals surface area contributed by atoms with Gasteiger partial charge in [-0.15, -0.1) is 0 Å². The highest BCUT2D eigenvalue weighted by Crippen LogP contribution is 2.07. The smallest absolute Gasteiger partial charge is 0.373 e. The minimum absolute atomic E-state index is 0.348. The van der Waals surface area contributed by atoms with E-state index in [1.54, 1.807) is 31.2 Å². The van der Waals surface area contributed by atoms with Gasteiger partial charge in [0.25, 0.3) is 0 Å². The van der Waals surface area contributed by atoms with Crippen molar-refractivity contribution in [2.24, 2.45) is 5.73 Å². The summed E-state index contributed by atoms with van der Waals surface area (Å²) in [6.45, 7) is 1.75. The van der Waals surface area contributed by atoms with Gasteiger partial charge in [0.05, 0.1) is 5.56 Å². The second kappa shape index (κ2) is 3.71. The van der Waals surface area contributed by atoms with E-state index in [-0.39, 0.29) is 0 Å². The summed E-state index contributed by atoms with van der Waals surface area (Å²) in [5.41, 5.74) is 5.79. The van der Waals surface area contributed by atoms with Gasteiger partial charge in [-0.25, -0.2) is 9.59 Å². The van der Waals surface area contributed by atoms with Crippen molar-refractivity contribution in [3.05, 3.63) is 35.4 Å². The van der Waals surface area contributed by atoms with Crippen LogP contribution in [0.4, 0.5) is 4.79 Å². The molecule has 1 aromatic carbocycles. The largest absolute Gasteiger partial charge is 0.412 e. The van der Waals surface area contributed by atoms with Crippen LogP contribution in [-0.2, 0) is 4.74 Å². The molecule has 0 bridgehead atoms. The van der Waals surface area contributed by atoms with Crippen LogP contribution in [0.1, 0.15) is 15.9 Å². The number of esters is 1. The van der Waals surface area contributed by atoms with Crippen LogP contribution in [0.3, 0.4) is 0 Å². The first-order valence-electron chi connectivity index (χ1n) is 3.68. The van der Waals surface area contributed by atoms with E-state index in [0.29, 0.717) is 5.56 Å². The summed E-state index contributed by atoms with van der Waals surface area (Å²) >= 11 is 0. The SMILES string of the molecule is Cc1ccccc1C(=O)OC(N)=O. The standard InChI is InChI=1S/C9H9NO3/c1-6-4-2-3-5-7(6)8(11)13-9(10)12/h2-5H,1H3,(H2,10,12). The Balaban J connectivity index is 2.89. The van der Waals surface area contributed by atoms with Crippen molar-refractivity contribution in [3.8, 4) is 0 Å². The zero-order valence-corrected chi connectivity index (χ0v) is 7.11. The number of amides is 1. The zero-order valence-electron chi connectivity index (χ0n) is 7.11. The van der Waals surface area contributed by atoms with Gasteiger partial charge in [-0.3, -0.25) is 0 Å². The Hall–Kier alpha value is -1.84. The van der Waals surface area contributed by atoms with Gasteiger partial charge in [-0.1, -0.05) is 18.2 Å². The number of hydrogen-bond donors (Lipinski definition) is 1. The van der Waals surface area contributed by atoms with Crippen molar-refractivity contribution in [1.29, 1.82) is 0 Å². The van der Waals surface area contributed by atoms with E-state index in [1.165, 1.54) is 0 Å². The summed E-state index contributed by atoms with van der Waals surface area (Å²) in [7, 11) is 0. The van der Waals surface area contributed by atoms with Crippen LogP contribution >= 0.6 is 0 Å². The predicted molar refractivity (Wildman–Crippen MR) is 46.2 cm³/mol. The van der Waals surface area contributed by atoms with Crippen molar-refractivity contribution in [1.82, 2.24) is 0 Å². The van der Waals surface area contributed by atoms with E-state index in [2.05, 4.69) is 4.74 Å². The average Bonchev–Trinajstić information content (AvgIpc) is 2.03. The zero-order chi connectivity index (χ0) is 9.84. The monoisotopic (exact) mass is 179 g/mol.